The lowest BCUT2D eigenvalue weighted by molar-refractivity contribution is 0.874. The Labute approximate surface area is 100 Å². The van der Waals surface area contributed by atoms with Gasteiger partial charge in [0.15, 0.2) is 0 Å². The van der Waals surface area contributed by atoms with Crippen LogP contribution in [0, 0.1) is 0 Å². The van der Waals surface area contributed by atoms with Crippen molar-refractivity contribution in [2.75, 3.05) is 11.5 Å². The van der Waals surface area contributed by atoms with Gasteiger partial charge in [-0.15, -0.1) is 0 Å². The number of H-pyrrole nitrogens is 1. The van der Waals surface area contributed by atoms with Crippen LogP contribution in [0.3, 0.4) is 0 Å². The number of nitrogens with one attached hydrogen (secondary N) is 1. The Hall–Kier alpha value is -0.970. The van der Waals surface area contributed by atoms with Gasteiger partial charge in [0.2, 0.25) is 0 Å². The van der Waals surface area contributed by atoms with Gasteiger partial charge in [0.1, 0.15) is 11.6 Å². The molecule has 5 heteroatoms. The van der Waals surface area contributed by atoms with Crippen molar-refractivity contribution in [3.05, 3.63) is 21.7 Å². The van der Waals surface area contributed by atoms with Gasteiger partial charge in [-0.3, -0.25) is 4.79 Å². The van der Waals surface area contributed by atoms with E-state index in [4.69, 9.17) is 5.73 Å². The number of nitrogen functional groups attached to an aromatic ring is 1. The quantitative estimate of drug-likeness (QED) is 0.747. The van der Waals surface area contributed by atoms with Gasteiger partial charge >= 0.3 is 0 Å². The van der Waals surface area contributed by atoms with E-state index in [1.807, 2.05) is 6.92 Å². The Morgan fingerprint density at radius 2 is 2.12 bits per heavy atom. The molecule has 0 aliphatic carbocycles. The molecule has 0 aliphatic rings. The summed E-state index contributed by atoms with van der Waals surface area (Å²) in [6.07, 6.45) is 2.72. The number of aromatic amines is 1. The van der Waals surface area contributed by atoms with Gasteiger partial charge in [-0.2, -0.15) is 11.8 Å². The lowest BCUT2D eigenvalue weighted by Gasteiger charge is -2.05. The van der Waals surface area contributed by atoms with Crippen molar-refractivity contribution >= 4 is 17.6 Å². The van der Waals surface area contributed by atoms with Crippen LogP contribution >= 0.6 is 11.8 Å². The lowest BCUT2D eigenvalue weighted by atomic mass is 10.2. The van der Waals surface area contributed by atoms with E-state index in [0.717, 1.165) is 24.3 Å². The molecule has 0 atom stereocenters. The molecule has 4 nitrogen and oxygen atoms in total. The van der Waals surface area contributed by atoms with Crippen LogP contribution in [-0.2, 0) is 12.2 Å². The molecule has 90 valence electrons. The molecule has 1 aromatic heterocycles. The van der Waals surface area contributed by atoms with Gasteiger partial charge in [-0.05, 0) is 18.6 Å². The lowest BCUT2D eigenvalue weighted by Crippen LogP contribution is -2.19. The minimum atomic E-state index is -0.0820. The number of nitrogens with two attached hydrogens (primary N) is 1. The maximum atomic E-state index is 11.7. The summed E-state index contributed by atoms with van der Waals surface area (Å²) < 4.78 is 0. The van der Waals surface area contributed by atoms with E-state index >= 15 is 0 Å². The average Bonchev–Trinajstić information content (AvgIpc) is 2.24. The van der Waals surface area contributed by atoms with E-state index in [2.05, 4.69) is 16.9 Å². The SMILES string of the molecule is CCCSCc1nc(N)c(CCC)c(=O)[nH]1. The predicted molar refractivity (Wildman–Crippen MR) is 69.7 cm³/mol. The molecule has 0 saturated heterocycles. The van der Waals surface area contributed by atoms with Gasteiger partial charge in [0.25, 0.3) is 5.56 Å². The number of hydrogen-bond acceptors (Lipinski definition) is 4. The number of anilines is 1. The topological polar surface area (TPSA) is 71.8 Å². The first-order chi connectivity index (χ1) is 7.69. The fourth-order valence-electron chi connectivity index (χ4n) is 1.44. The maximum Gasteiger partial charge on any atom is 0.256 e. The molecule has 0 radical (unpaired) electrons. The molecule has 0 aromatic carbocycles. The monoisotopic (exact) mass is 241 g/mol. The minimum Gasteiger partial charge on any atom is -0.383 e. The standard InChI is InChI=1S/C11H19N3OS/c1-3-5-8-10(12)13-9(14-11(8)15)7-16-6-4-2/h3-7H2,1-2H3,(H3,12,13,14,15). The molecule has 0 aliphatic heterocycles. The highest BCUT2D eigenvalue weighted by Crippen LogP contribution is 2.11. The summed E-state index contributed by atoms with van der Waals surface area (Å²) in [5.74, 6) is 2.86. The Balaban J connectivity index is 2.79. The van der Waals surface area contributed by atoms with Crippen molar-refractivity contribution in [1.82, 2.24) is 9.97 Å². The van der Waals surface area contributed by atoms with Crippen LogP contribution in [-0.4, -0.2) is 15.7 Å². The molecule has 0 amide bonds. The zero-order valence-electron chi connectivity index (χ0n) is 9.88. The third kappa shape index (κ3) is 3.56. The zero-order valence-corrected chi connectivity index (χ0v) is 10.7. The van der Waals surface area contributed by atoms with Crippen LogP contribution in [0.5, 0.6) is 0 Å². The van der Waals surface area contributed by atoms with E-state index in [-0.39, 0.29) is 5.56 Å². The zero-order chi connectivity index (χ0) is 12.0. The van der Waals surface area contributed by atoms with E-state index in [1.165, 1.54) is 0 Å². The first kappa shape index (κ1) is 13.1. The highest BCUT2D eigenvalue weighted by Gasteiger charge is 2.07. The molecule has 0 spiro atoms. The molecule has 1 rings (SSSR count). The summed E-state index contributed by atoms with van der Waals surface area (Å²) in [5.41, 5.74) is 6.31. The van der Waals surface area contributed by atoms with Crippen molar-refractivity contribution < 1.29 is 0 Å². The molecule has 1 heterocycles. The summed E-state index contributed by atoms with van der Waals surface area (Å²) in [7, 11) is 0. The number of hydrogen-bond donors (Lipinski definition) is 2. The summed E-state index contributed by atoms with van der Waals surface area (Å²) in [4.78, 5) is 18.7. The van der Waals surface area contributed by atoms with Crippen LogP contribution in [0.25, 0.3) is 0 Å². The third-order valence-corrected chi connectivity index (χ3v) is 3.36. The number of rotatable bonds is 6. The molecular weight excluding hydrogens is 222 g/mol. The molecule has 16 heavy (non-hydrogen) atoms. The minimum absolute atomic E-state index is 0.0820. The molecule has 3 N–H and O–H groups in total. The second-order valence-electron chi connectivity index (χ2n) is 3.68. The highest BCUT2D eigenvalue weighted by molar-refractivity contribution is 7.98. The van der Waals surface area contributed by atoms with E-state index in [0.29, 0.717) is 23.6 Å². The summed E-state index contributed by atoms with van der Waals surface area (Å²) in [6.45, 7) is 4.14. The van der Waals surface area contributed by atoms with Gasteiger partial charge in [-0.1, -0.05) is 20.3 Å². The normalized spacial score (nSPS) is 10.6. The Morgan fingerprint density at radius 1 is 1.38 bits per heavy atom. The molecule has 0 bridgehead atoms. The highest BCUT2D eigenvalue weighted by atomic mass is 32.2. The first-order valence-corrected chi connectivity index (χ1v) is 6.79. The fraction of sp³-hybridized carbons (Fsp3) is 0.636. The van der Waals surface area contributed by atoms with E-state index in [1.54, 1.807) is 11.8 Å². The summed E-state index contributed by atoms with van der Waals surface area (Å²) in [6, 6.07) is 0. The molecule has 0 unspecified atom stereocenters. The van der Waals surface area contributed by atoms with Gasteiger partial charge in [0, 0.05) is 0 Å². The first-order valence-electron chi connectivity index (χ1n) is 5.64. The largest absolute Gasteiger partial charge is 0.383 e. The number of thioether (sulfide) groups is 1. The third-order valence-electron chi connectivity index (χ3n) is 2.18. The second kappa shape index (κ2) is 6.58. The Bertz CT molecular complexity index is 389. The number of aromatic nitrogens is 2. The van der Waals surface area contributed by atoms with Crippen LogP contribution in [0.2, 0.25) is 0 Å². The van der Waals surface area contributed by atoms with E-state index in [9.17, 15) is 4.79 Å². The second-order valence-corrected chi connectivity index (χ2v) is 4.78. The maximum absolute atomic E-state index is 11.7. The van der Waals surface area contributed by atoms with Gasteiger partial charge in [0.05, 0.1) is 11.3 Å². The molecule has 0 saturated carbocycles. The average molecular weight is 241 g/mol. The molecule has 1 aromatic rings. The van der Waals surface area contributed by atoms with Crippen molar-refractivity contribution in [2.45, 2.75) is 38.9 Å². The van der Waals surface area contributed by atoms with Crippen LogP contribution in [0.15, 0.2) is 4.79 Å². The van der Waals surface area contributed by atoms with Crippen LogP contribution in [0.1, 0.15) is 38.1 Å². The van der Waals surface area contributed by atoms with Crippen LogP contribution in [0.4, 0.5) is 5.82 Å². The molecular formula is C11H19N3OS. The number of nitrogens with zero attached hydrogens (tertiary/aromatic N) is 1. The fourth-order valence-corrected chi connectivity index (χ4v) is 2.20. The van der Waals surface area contributed by atoms with Crippen molar-refractivity contribution in [2.24, 2.45) is 0 Å². The Kier molecular flexibility index (Phi) is 5.38. The molecule has 0 fully saturated rings. The van der Waals surface area contributed by atoms with Gasteiger partial charge < -0.3 is 10.7 Å². The van der Waals surface area contributed by atoms with Crippen molar-refractivity contribution in [1.29, 1.82) is 0 Å². The van der Waals surface area contributed by atoms with E-state index < -0.39 is 0 Å². The summed E-state index contributed by atoms with van der Waals surface area (Å²) >= 11 is 1.75. The van der Waals surface area contributed by atoms with Crippen molar-refractivity contribution in [3.8, 4) is 0 Å². The predicted octanol–water partition coefficient (Wildman–Crippen LogP) is 1.95. The van der Waals surface area contributed by atoms with Gasteiger partial charge in [-0.25, -0.2) is 4.98 Å². The van der Waals surface area contributed by atoms with Crippen molar-refractivity contribution in [3.63, 3.8) is 0 Å². The smallest absolute Gasteiger partial charge is 0.256 e. The van der Waals surface area contributed by atoms with Crippen LogP contribution < -0.4 is 11.3 Å². The Morgan fingerprint density at radius 3 is 2.69 bits per heavy atom. The summed E-state index contributed by atoms with van der Waals surface area (Å²) in [5, 5.41) is 0.